The zero-order valence-electron chi connectivity index (χ0n) is 17.1. The summed E-state index contributed by atoms with van der Waals surface area (Å²) in [5.41, 5.74) is 6.35. The summed E-state index contributed by atoms with van der Waals surface area (Å²) >= 11 is 6.38. The van der Waals surface area contributed by atoms with E-state index in [1.807, 2.05) is 0 Å². The van der Waals surface area contributed by atoms with Crippen LogP contribution in [0.25, 0.3) is 22.2 Å². The van der Waals surface area contributed by atoms with E-state index in [1.165, 1.54) is 18.2 Å². The van der Waals surface area contributed by atoms with Gasteiger partial charge in [-0.1, -0.05) is 29.8 Å². The zero-order chi connectivity index (χ0) is 23.9. The predicted molar refractivity (Wildman–Crippen MR) is 126 cm³/mol. The van der Waals surface area contributed by atoms with Crippen molar-refractivity contribution in [3.63, 3.8) is 0 Å². The predicted octanol–water partition coefficient (Wildman–Crippen LogP) is 2.74. The molecule has 4 rings (SSSR count). The van der Waals surface area contributed by atoms with Gasteiger partial charge in [0.15, 0.2) is 0 Å². The number of nitrogens with one attached hydrogen (secondary N) is 3. The summed E-state index contributed by atoms with van der Waals surface area (Å²) < 4.78 is 28.5. The van der Waals surface area contributed by atoms with Crippen molar-refractivity contribution >= 4 is 44.3 Å². The third kappa shape index (κ3) is 4.38. The van der Waals surface area contributed by atoms with E-state index in [2.05, 4.69) is 14.7 Å². The van der Waals surface area contributed by atoms with Crippen LogP contribution in [-0.2, 0) is 10.0 Å². The Morgan fingerprint density at radius 3 is 2.12 bits per heavy atom. The van der Waals surface area contributed by atoms with Crippen LogP contribution >= 0.6 is 11.6 Å². The second-order valence-electron chi connectivity index (χ2n) is 7.31. The average molecular weight is 485 g/mol. The lowest BCUT2D eigenvalue weighted by Crippen LogP contribution is -2.29. The second-order valence-corrected chi connectivity index (χ2v) is 9.37. The van der Waals surface area contributed by atoms with Crippen LogP contribution in [0.15, 0.2) is 69.1 Å². The standard InChI is InChI=1S/C22H17ClN4O5S/c1-11-8-17-18(26-22(30)21(29)25-17)10-19(11)33(31,32)27-14-6-7-15(16(23)9-14)12-2-4-13(5-3-12)20(24)28/h2-10,27H,1H3,(H2,24,28)(H,25,29)(H,26,30). The topological polar surface area (TPSA) is 155 Å². The highest BCUT2D eigenvalue weighted by Gasteiger charge is 2.19. The number of carbonyl (C=O) groups is 1. The second kappa shape index (κ2) is 8.23. The molecule has 11 heteroatoms. The quantitative estimate of drug-likeness (QED) is 0.320. The molecule has 0 fully saturated rings. The van der Waals surface area contributed by atoms with Gasteiger partial charge in [-0.05, 0) is 54.4 Å². The van der Waals surface area contributed by atoms with Crippen molar-refractivity contribution in [3.05, 3.63) is 91.5 Å². The molecule has 0 bridgehead atoms. The van der Waals surface area contributed by atoms with Gasteiger partial charge in [0.1, 0.15) is 0 Å². The number of nitrogens with two attached hydrogens (primary N) is 1. The Morgan fingerprint density at radius 1 is 0.939 bits per heavy atom. The van der Waals surface area contributed by atoms with Gasteiger partial charge in [-0.15, -0.1) is 0 Å². The van der Waals surface area contributed by atoms with Gasteiger partial charge in [-0.25, -0.2) is 8.42 Å². The third-order valence-electron chi connectivity index (χ3n) is 5.01. The number of carbonyl (C=O) groups excluding carboxylic acids is 1. The highest BCUT2D eigenvalue weighted by Crippen LogP contribution is 2.32. The summed E-state index contributed by atoms with van der Waals surface area (Å²) in [6.07, 6.45) is 0. The lowest BCUT2D eigenvalue weighted by atomic mass is 10.0. The van der Waals surface area contributed by atoms with Gasteiger partial charge in [0.05, 0.1) is 26.6 Å². The van der Waals surface area contributed by atoms with Crippen LogP contribution in [0.1, 0.15) is 15.9 Å². The van der Waals surface area contributed by atoms with E-state index in [0.717, 1.165) is 5.56 Å². The molecule has 9 nitrogen and oxygen atoms in total. The van der Waals surface area contributed by atoms with Gasteiger partial charge >= 0.3 is 11.1 Å². The number of rotatable bonds is 5. The number of H-pyrrole nitrogens is 2. The fourth-order valence-electron chi connectivity index (χ4n) is 3.38. The molecule has 33 heavy (non-hydrogen) atoms. The number of aromatic nitrogens is 2. The van der Waals surface area contributed by atoms with Crippen LogP contribution < -0.4 is 21.6 Å². The molecule has 168 valence electrons. The first-order valence-corrected chi connectivity index (χ1v) is 11.4. The van der Waals surface area contributed by atoms with Gasteiger partial charge in [0.25, 0.3) is 10.0 Å². The van der Waals surface area contributed by atoms with Gasteiger partial charge in [-0.3, -0.25) is 19.1 Å². The van der Waals surface area contributed by atoms with E-state index in [9.17, 15) is 22.8 Å². The summed E-state index contributed by atoms with van der Waals surface area (Å²) in [5, 5.41) is 0.291. The first-order valence-electron chi connectivity index (χ1n) is 9.55. The number of benzene rings is 3. The highest BCUT2D eigenvalue weighted by atomic mass is 35.5. The smallest absolute Gasteiger partial charge is 0.314 e. The van der Waals surface area contributed by atoms with Crippen molar-refractivity contribution in [1.29, 1.82) is 0 Å². The lowest BCUT2D eigenvalue weighted by molar-refractivity contribution is 0.100. The number of fused-ring (bicyclic) bond motifs is 1. The molecule has 0 spiro atoms. The molecule has 5 N–H and O–H groups in total. The molecule has 0 saturated heterocycles. The van der Waals surface area contributed by atoms with E-state index in [0.29, 0.717) is 27.2 Å². The summed E-state index contributed by atoms with van der Waals surface area (Å²) in [5.74, 6) is -0.545. The van der Waals surface area contributed by atoms with Crippen LogP contribution in [-0.4, -0.2) is 24.3 Å². The lowest BCUT2D eigenvalue weighted by Gasteiger charge is -2.13. The fourth-order valence-corrected chi connectivity index (χ4v) is 4.97. The Hall–Kier alpha value is -3.89. The van der Waals surface area contributed by atoms with Crippen molar-refractivity contribution < 1.29 is 13.2 Å². The van der Waals surface area contributed by atoms with Crippen molar-refractivity contribution in [3.8, 4) is 11.1 Å². The van der Waals surface area contributed by atoms with E-state index < -0.39 is 27.0 Å². The maximum absolute atomic E-state index is 13.0. The largest absolute Gasteiger partial charge is 0.366 e. The minimum absolute atomic E-state index is 0.0695. The molecular weight excluding hydrogens is 468 g/mol. The minimum atomic E-state index is -4.04. The van der Waals surface area contributed by atoms with Gasteiger partial charge < -0.3 is 15.7 Å². The first kappa shape index (κ1) is 22.3. The molecule has 0 aliphatic carbocycles. The number of hydrogen-bond acceptors (Lipinski definition) is 5. The molecule has 0 radical (unpaired) electrons. The van der Waals surface area contributed by atoms with Crippen molar-refractivity contribution in [1.82, 2.24) is 9.97 Å². The molecule has 1 aromatic heterocycles. The number of sulfonamides is 1. The summed E-state index contributed by atoms with van der Waals surface area (Å²) in [6, 6.07) is 13.9. The Bertz CT molecular complexity index is 1640. The van der Waals surface area contributed by atoms with E-state index in [4.69, 9.17) is 17.3 Å². The van der Waals surface area contributed by atoms with Crippen molar-refractivity contribution in [2.75, 3.05) is 4.72 Å². The van der Waals surface area contributed by atoms with Gasteiger partial charge in [0.2, 0.25) is 5.91 Å². The maximum Gasteiger partial charge on any atom is 0.314 e. The Labute approximate surface area is 192 Å². The molecule has 0 saturated carbocycles. The van der Waals surface area contributed by atoms with Crippen LogP contribution in [0, 0.1) is 6.92 Å². The summed E-state index contributed by atoms with van der Waals surface area (Å²) in [7, 11) is -4.04. The van der Waals surface area contributed by atoms with Crippen LogP contribution in [0.2, 0.25) is 5.02 Å². The fraction of sp³-hybridized carbons (Fsp3) is 0.0455. The minimum Gasteiger partial charge on any atom is -0.366 e. The van der Waals surface area contributed by atoms with Crippen LogP contribution in [0.3, 0.4) is 0 Å². The number of halogens is 1. The molecule has 0 atom stereocenters. The molecule has 0 aliphatic heterocycles. The summed E-state index contributed by atoms with van der Waals surface area (Å²) in [6.45, 7) is 1.57. The molecule has 1 amide bonds. The Balaban J connectivity index is 1.67. The number of amides is 1. The Morgan fingerprint density at radius 2 is 1.55 bits per heavy atom. The zero-order valence-corrected chi connectivity index (χ0v) is 18.7. The molecule has 0 aliphatic rings. The van der Waals surface area contributed by atoms with Crippen LogP contribution in [0.4, 0.5) is 5.69 Å². The monoisotopic (exact) mass is 484 g/mol. The van der Waals surface area contributed by atoms with Crippen molar-refractivity contribution in [2.24, 2.45) is 5.73 Å². The van der Waals surface area contributed by atoms with E-state index >= 15 is 0 Å². The third-order valence-corrected chi connectivity index (χ3v) is 6.84. The number of aromatic amines is 2. The normalized spacial score (nSPS) is 11.5. The highest BCUT2D eigenvalue weighted by molar-refractivity contribution is 7.92. The van der Waals surface area contributed by atoms with Crippen molar-refractivity contribution in [2.45, 2.75) is 11.8 Å². The number of aryl methyl sites for hydroxylation is 1. The first-order chi connectivity index (χ1) is 15.5. The van der Waals surface area contributed by atoms with Crippen LogP contribution in [0.5, 0.6) is 0 Å². The van der Waals surface area contributed by atoms with Gasteiger partial charge in [0, 0.05) is 11.1 Å². The van der Waals surface area contributed by atoms with Gasteiger partial charge in [-0.2, -0.15) is 0 Å². The number of primary amides is 1. The Kier molecular flexibility index (Phi) is 5.56. The van der Waals surface area contributed by atoms with E-state index in [1.54, 1.807) is 43.3 Å². The number of anilines is 1. The summed E-state index contributed by atoms with van der Waals surface area (Å²) in [4.78, 5) is 39.1. The molecule has 0 unspecified atom stereocenters. The molecule has 1 heterocycles. The SMILES string of the molecule is Cc1cc2[nH]c(=O)c(=O)[nH]c2cc1S(=O)(=O)Nc1ccc(-c2ccc(C(N)=O)cc2)c(Cl)c1. The number of hydrogen-bond donors (Lipinski definition) is 4. The molecular formula is C22H17ClN4O5S. The molecule has 4 aromatic rings. The average Bonchev–Trinajstić information content (AvgIpc) is 2.74. The molecule has 3 aromatic carbocycles. The maximum atomic E-state index is 13.0. The van der Waals surface area contributed by atoms with E-state index in [-0.39, 0.29) is 16.1 Å².